The molecule has 0 aromatic heterocycles. The van der Waals surface area contributed by atoms with Gasteiger partial charge >= 0.3 is 6.18 Å². The lowest BCUT2D eigenvalue weighted by molar-refractivity contribution is -0.153. The topological polar surface area (TPSA) is 45.7 Å². The summed E-state index contributed by atoms with van der Waals surface area (Å²) in [5, 5.41) is 6.07. The molecular weight excluding hydrogens is 434 g/mol. The van der Waals surface area contributed by atoms with Crippen LogP contribution in [-0.4, -0.2) is 31.8 Å². The summed E-state index contributed by atoms with van der Waals surface area (Å²) in [5.74, 6) is 0.764. The Hall–Kier alpha value is -1.45. The molecule has 4 nitrogen and oxygen atoms in total. The highest BCUT2D eigenvalue weighted by atomic mass is 127. The Morgan fingerprint density at radius 3 is 2.62 bits per heavy atom. The molecule has 0 saturated heterocycles. The standard InChI is InChI=1S/C16H22F3N3O.HI/c1-4-8-21-15(20-5-2)22-10-13-7-6-12(3)9-14(13)23-11-16(17,18)19;/h4,6-7,9H,1,5,8,10-11H2,2-3H3,(H2,20,21,22);1H. The molecule has 2 N–H and O–H groups in total. The van der Waals surface area contributed by atoms with E-state index in [1.807, 2.05) is 13.0 Å². The van der Waals surface area contributed by atoms with E-state index in [-0.39, 0.29) is 36.3 Å². The van der Waals surface area contributed by atoms with Crippen LogP contribution in [0.15, 0.2) is 35.8 Å². The van der Waals surface area contributed by atoms with E-state index in [0.29, 0.717) is 24.6 Å². The van der Waals surface area contributed by atoms with Gasteiger partial charge in [0, 0.05) is 18.7 Å². The smallest absolute Gasteiger partial charge is 0.422 e. The van der Waals surface area contributed by atoms with E-state index in [1.54, 1.807) is 25.1 Å². The number of alkyl halides is 3. The summed E-state index contributed by atoms with van der Waals surface area (Å²) in [5.41, 5.74) is 1.42. The monoisotopic (exact) mass is 457 g/mol. The van der Waals surface area contributed by atoms with Crippen LogP contribution in [0.2, 0.25) is 0 Å². The van der Waals surface area contributed by atoms with Crippen molar-refractivity contribution in [1.29, 1.82) is 0 Å². The zero-order chi connectivity index (χ0) is 17.3. The summed E-state index contributed by atoms with van der Waals surface area (Å²) >= 11 is 0. The van der Waals surface area contributed by atoms with Crippen molar-refractivity contribution in [3.05, 3.63) is 42.0 Å². The van der Waals surface area contributed by atoms with Crippen molar-refractivity contribution in [2.24, 2.45) is 4.99 Å². The van der Waals surface area contributed by atoms with Gasteiger partial charge in [0.25, 0.3) is 0 Å². The van der Waals surface area contributed by atoms with E-state index in [0.717, 1.165) is 5.56 Å². The summed E-state index contributed by atoms with van der Waals surface area (Å²) in [6, 6.07) is 5.12. The number of nitrogens with zero attached hydrogens (tertiary/aromatic N) is 1. The van der Waals surface area contributed by atoms with Gasteiger partial charge in [0.15, 0.2) is 12.6 Å². The molecule has 8 heteroatoms. The molecule has 0 fully saturated rings. The number of hydrogen-bond acceptors (Lipinski definition) is 2. The summed E-state index contributed by atoms with van der Waals surface area (Å²) in [6.45, 7) is 7.44. The summed E-state index contributed by atoms with van der Waals surface area (Å²) in [7, 11) is 0. The first-order valence-corrected chi connectivity index (χ1v) is 7.28. The third kappa shape index (κ3) is 8.99. The molecule has 0 bridgehead atoms. The minimum Gasteiger partial charge on any atom is -0.484 e. The van der Waals surface area contributed by atoms with Crippen molar-refractivity contribution in [2.75, 3.05) is 19.7 Å². The van der Waals surface area contributed by atoms with Gasteiger partial charge in [0.2, 0.25) is 0 Å². The molecule has 136 valence electrons. The number of ether oxygens (including phenoxy) is 1. The van der Waals surface area contributed by atoms with Crippen LogP contribution in [0.1, 0.15) is 18.1 Å². The van der Waals surface area contributed by atoms with Crippen molar-refractivity contribution in [1.82, 2.24) is 10.6 Å². The highest BCUT2D eigenvalue weighted by Gasteiger charge is 2.28. The lowest BCUT2D eigenvalue weighted by Crippen LogP contribution is -2.37. The third-order valence-electron chi connectivity index (χ3n) is 2.78. The molecule has 0 amide bonds. The molecular formula is C16H23F3IN3O. The van der Waals surface area contributed by atoms with Gasteiger partial charge in [0.1, 0.15) is 5.75 Å². The fourth-order valence-electron chi connectivity index (χ4n) is 1.76. The molecule has 0 aliphatic carbocycles. The van der Waals surface area contributed by atoms with Gasteiger partial charge in [-0.05, 0) is 25.5 Å². The fourth-order valence-corrected chi connectivity index (χ4v) is 1.76. The summed E-state index contributed by atoms with van der Waals surface area (Å²) in [6.07, 6.45) is -2.68. The van der Waals surface area contributed by atoms with Crippen LogP contribution in [0.3, 0.4) is 0 Å². The van der Waals surface area contributed by atoms with Crippen LogP contribution in [-0.2, 0) is 6.54 Å². The third-order valence-corrected chi connectivity index (χ3v) is 2.78. The highest BCUT2D eigenvalue weighted by molar-refractivity contribution is 14.0. The first-order valence-electron chi connectivity index (χ1n) is 7.28. The molecule has 0 unspecified atom stereocenters. The quantitative estimate of drug-likeness (QED) is 0.284. The number of hydrogen-bond donors (Lipinski definition) is 2. The molecule has 0 heterocycles. The van der Waals surface area contributed by atoms with Crippen molar-refractivity contribution < 1.29 is 17.9 Å². The number of aryl methyl sites for hydroxylation is 1. The predicted molar refractivity (Wildman–Crippen MR) is 101 cm³/mol. The van der Waals surface area contributed by atoms with Gasteiger partial charge in [-0.25, -0.2) is 4.99 Å². The number of halogens is 4. The van der Waals surface area contributed by atoms with Crippen molar-refractivity contribution in [3.8, 4) is 5.75 Å². The van der Waals surface area contributed by atoms with Crippen LogP contribution in [0.4, 0.5) is 13.2 Å². The van der Waals surface area contributed by atoms with E-state index in [1.165, 1.54) is 0 Å². The van der Waals surface area contributed by atoms with E-state index >= 15 is 0 Å². The molecule has 0 saturated carbocycles. The van der Waals surface area contributed by atoms with E-state index in [2.05, 4.69) is 22.2 Å². The maximum absolute atomic E-state index is 12.3. The molecule has 0 atom stereocenters. The fraction of sp³-hybridized carbons (Fsp3) is 0.438. The normalized spacial score (nSPS) is 11.5. The van der Waals surface area contributed by atoms with E-state index in [9.17, 15) is 13.2 Å². The second-order valence-corrected chi connectivity index (χ2v) is 4.88. The van der Waals surface area contributed by atoms with Gasteiger partial charge in [0.05, 0.1) is 6.54 Å². The Bertz CT molecular complexity index is 548. The summed E-state index contributed by atoms with van der Waals surface area (Å²) in [4.78, 5) is 4.34. The van der Waals surface area contributed by atoms with Crippen molar-refractivity contribution in [2.45, 2.75) is 26.6 Å². The largest absolute Gasteiger partial charge is 0.484 e. The minimum atomic E-state index is -4.37. The Labute approximate surface area is 157 Å². The average molecular weight is 457 g/mol. The van der Waals surface area contributed by atoms with Crippen LogP contribution < -0.4 is 15.4 Å². The summed E-state index contributed by atoms with van der Waals surface area (Å²) < 4.78 is 41.9. The Balaban J connectivity index is 0.00000529. The Kier molecular flexibility index (Phi) is 10.5. The van der Waals surface area contributed by atoms with Crippen LogP contribution in [0, 0.1) is 6.92 Å². The molecule has 0 spiro atoms. The maximum Gasteiger partial charge on any atom is 0.422 e. The van der Waals surface area contributed by atoms with Gasteiger partial charge in [-0.1, -0.05) is 18.2 Å². The minimum absolute atomic E-state index is 0. The number of aliphatic imine (C=N–C) groups is 1. The van der Waals surface area contributed by atoms with E-state index < -0.39 is 12.8 Å². The van der Waals surface area contributed by atoms with Crippen LogP contribution in [0.5, 0.6) is 5.75 Å². The first kappa shape index (κ1) is 22.6. The number of nitrogens with one attached hydrogen (secondary N) is 2. The number of rotatable bonds is 7. The van der Waals surface area contributed by atoms with Crippen LogP contribution >= 0.6 is 24.0 Å². The zero-order valence-electron chi connectivity index (χ0n) is 13.7. The van der Waals surface area contributed by atoms with Crippen molar-refractivity contribution >= 4 is 29.9 Å². The van der Waals surface area contributed by atoms with Gasteiger partial charge in [-0.3, -0.25) is 0 Å². The molecule has 0 radical (unpaired) electrons. The van der Waals surface area contributed by atoms with Crippen molar-refractivity contribution in [3.63, 3.8) is 0 Å². The lowest BCUT2D eigenvalue weighted by atomic mass is 10.1. The first-order chi connectivity index (χ1) is 10.9. The second-order valence-electron chi connectivity index (χ2n) is 4.88. The average Bonchev–Trinajstić information content (AvgIpc) is 2.48. The second kappa shape index (κ2) is 11.2. The number of benzene rings is 1. The Morgan fingerprint density at radius 2 is 2.04 bits per heavy atom. The molecule has 24 heavy (non-hydrogen) atoms. The SMILES string of the molecule is C=CCNC(=NCc1ccc(C)cc1OCC(F)(F)F)NCC.I. The highest BCUT2D eigenvalue weighted by Crippen LogP contribution is 2.24. The predicted octanol–water partition coefficient (Wildman–Crippen LogP) is 3.80. The maximum atomic E-state index is 12.3. The van der Waals surface area contributed by atoms with Gasteiger partial charge in [-0.2, -0.15) is 13.2 Å². The van der Waals surface area contributed by atoms with E-state index in [4.69, 9.17) is 4.74 Å². The molecule has 0 aliphatic rings. The van der Waals surface area contributed by atoms with Crippen LogP contribution in [0.25, 0.3) is 0 Å². The molecule has 1 aromatic rings. The molecule has 0 aliphatic heterocycles. The Morgan fingerprint density at radius 1 is 1.33 bits per heavy atom. The lowest BCUT2D eigenvalue weighted by Gasteiger charge is -2.14. The molecule has 1 rings (SSSR count). The zero-order valence-corrected chi connectivity index (χ0v) is 16.1. The number of guanidine groups is 1. The molecule has 1 aromatic carbocycles. The van der Waals surface area contributed by atoms with Gasteiger partial charge < -0.3 is 15.4 Å². The van der Waals surface area contributed by atoms with Gasteiger partial charge in [-0.15, -0.1) is 30.6 Å².